The molecule has 0 radical (unpaired) electrons. The molecular weight excluding hydrogens is 350 g/mol. The standard InChI is InChI=1S/C20H18NO.BrH/c1-2-21-19(14-12-18-5-3-4-6-20(18)21)13-11-16-7-9-17(15-22)10-8-16;/h3-15H,2H2,1H3;1H/q+1;/p-1/b13-11+;. The zero-order valence-electron chi connectivity index (χ0n) is 12.9. The number of fused-ring (bicyclic) bond motifs is 1. The number of hydrogen-bond acceptors (Lipinski definition) is 1. The summed E-state index contributed by atoms with van der Waals surface area (Å²) in [7, 11) is 0. The van der Waals surface area contributed by atoms with Gasteiger partial charge in [-0.05, 0) is 30.7 Å². The molecular formula is C20H18BrNO. The highest BCUT2D eigenvalue weighted by molar-refractivity contribution is 5.78. The van der Waals surface area contributed by atoms with Crippen molar-refractivity contribution in [2.75, 3.05) is 0 Å². The smallest absolute Gasteiger partial charge is 0.212 e. The highest BCUT2D eigenvalue weighted by Gasteiger charge is 2.10. The first-order valence-corrected chi connectivity index (χ1v) is 7.47. The van der Waals surface area contributed by atoms with Crippen molar-refractivity contribution in [3.8, 4) is 0 Å². The number of carbonyl (C=O) groups excluding carboxylic acids is 1. The Hall–Kier alpha value is -2.26. The number of aldehydes is 1. The lowest BCUT2D eigenvalue weighted by Crippen LogP contribution is -3.00. The molecule has 2 nitrogen and oxygen atoms in total. The Bertz CT molecular complexity index is 838. The predicted octanol–water partition coefficient (Wildman–Crippen LogP) is 1.13. The summed E-state index contributed by atoms with van der Waals surface area (Å²) in [6.07, 6.45) is 5.05. The van der Waals surface area contributed by atoms with E-state index >= 15 is 0 Å². The van der Waals surface area contributed by atoms with Gasteiger partial charge in [0.15, 0.2) is 0 Å². The summed E-state index contributed by atoms with van der Waals surface area (Å²) in [5.74, 6) is 0. The Kier molecular flexibility index (Phi) is 5.83. The van der Waals surface area contributed by atoms with Crippen molar-refractivity contribution in [1.29, 1.82) is 0 Å². The second-order valence-electron chi connectivity index (χ2n) is 5.18. The molecule has 3 rings (SSSR count). The number of carbonyl (C=O) groups is 1. The molecule has 3 aromatic rings. The van der Waals surface area contributed by atoms with Gasteiger partial charge in [-0.2, -0.15) is 4.57 Å². The van der Waals surface area contributed by atoms with Crippen LogP contribution in [0.2, 0.25) is 0 Å². The van der Waals surface area contributed by atoms with Gasteiger partial charge in [0.25, 0.3) is 0 Å². The van der Waals surface area contributed by atoms with E-state index in [0.717, 1.165) is 18.4 Å². The highest BCUT2D eigenvalue weighted by atomic mass is 79.9. The maximum Gasteiger partial charge on any atom is 0.212 e. The predicted molar refractivity (Wildman–Crippen MR) is 90.6 cm³/mol. The van der Waals surface area contributed by atoms with E-state index in [-0.39, 0.29) is 17.0 Å². The number of aromatic nitrogens is 1. The van der Waals surface area contributed by atoms with Gasteiger partial charge in [-0.15, -0.1) is 0 Å². The summed E-state index contributed by atoms with van der Waals surface area (Å²) in [5.41, 5.74) is 4.19. The van der Waals surface area contributed by atoms with Gasteiger partial charge in [0.1, 0.15) is 12.8 Å². The monoisotopic (exact) mass is 367 g/mol. The molecule has 3 heteroatoms. The Morgan fingerprint density at radius 3 is 2.26 bits per heavy atom. The first-order chi connectivity index (χ1) is 10.8. The number of nitrogens with zero attached hydrogens (tertiary/aromatic N) is 1. The van der Waals surface area contributed by atoms with Gasteiger partial charge < -0.3 is 17.0 Å². The normalized spacial score (nSPS) is 10.7. The van der Waals surface area contributed by atoms with Crippen LogP contribution in [-0.4, -0.2) is 6.29 Å². The lowest BCUT2D eigenvalue weighted by Gasteiger charge is -2.02. The van der Waals surface area contributed by atoms with Crippen LogP contribution in [0.4, 0.5) is 0 Å². The highest BCUT2D eigenvalue weighted by Crippen LogP contribution is 2.13. The summed E-state index contributed by atoms with van der Waals surface area (Å²) < 4.78 is 2.30. The molecule has 1 aromatic heterocycles. The molecule has 0 aliphatic rings. The minimum atomic E-state index is 0. The van der Waals surface area contributed by atoms with E-state index in [9.17, 15) is 4.79 Å². The SMILES string of the molecule is CC[n+]1c(/C=C/c2ccc(C=O)cc2)ccc2ccccc21.[Br-]. The van der Waals surface area contributed by atoms with E-state index in [4.69, 9.17) is 0 Å². The molecule has 0 spiro atoms. The van der Waals surface area contributed by atoms with E-state index in [1.54, 1.807) is 0 Å². The number of aryl methyl sites for hydroxylation is 1. The Morgan fingerprint density at radius 2 is 1.57 bits per heavy atom. The summed E-state index contributed by atoms with van der Waals surface area (Å²) >= 11 is 0. The minimum Gasteiger partial charge on any atom is -1.00 e. The fraction of sp³-hybridized carbons (Fsp3) is 0.100. The van der Waals surface area contributed by atoms with E-state index in [1.165, 1.54) is 16.6 Å². The third kappa shape index (κ3) is 3.74. The van der Waals surface area contributed by atoms with Crippen LogP contribution in [0, 0.1) is 0 Å². The van der Waals surface area contributed by atoms with Gasteiger partial charge in [0.2, 0.25) is 11.2 Å². The molecule has 0 aliphatic carbocycles. The number of pyridine rings is 1. The summed E-state index contributed by atoms with van der Waals surface area (Å²) in [6.45, 7) is 3.08. The summed E-state index contributed by atoms with van der Waals surface area (Å²) in [5, 5.41) is 1.25. The maximum atomic E-state index is 10.7. The number of benzene rings is 2. The van der Waals surface area contributed by atoms with Gasteiger partial charge in [-0.25, -0.2) is 0 Å². The molecule has 2 aromatic carbocycles. The molecule has 0 unspecified atom stereocenters. The fourth-order valence-electron chi connectivity index (χ4n) is 2.64. The summed E-state index contributed by atoms with van der Waals surface area (Å²) in [4.78, 5) is 10.7. The molecule has 0 saturated carbocycles. The zero-order chi connectivity index (χ0) is 15.4. The van der Waals surface area contributed by atoms with E-state index in [1.807, 2.05) is 24.3 Å². The first kappa shape index (κ1) is 17.1. The Labute approximate surface area is 146 Å². The molecule has 0 bridgehead atoms. The van der Waals surface area contributed by atoms with Gasteiger partial charge in [0, 0.05) is 29.2 Å². The van der Waals surface area contributed by atoms with Crippen molar-refractivity contribution in [1.82, 2.24) is 0 Å². The van der Waals surface area contributed by atoms with Crippen LogP contribution in [0.25, 0.3) is 23.1 Å². The average molecular weight is 368 g/mol. The van der Waals surface area contributed by atoms with E-state index in [0.29, 0.717) is 5.56 Å². The molecule has 0 N–H and O–H groups in total. The van der Waals surface area contributed by atoms with Gasteiger partial charge in [-0.1, -0.05) is 36.4 Å². The van der Waals surface area contributed by atoms with Gasteiger partial charge in [-0.3, -0.25) is 4.79 Å². The lowest BCUT2D eigenvalue weighted by atomic mass is 10.1. The van der Waals surface area contributed by atoms with Crippen molar-refractivity contribution in [2.45, 2.75) is 13.5 Å². The minimum absolute atomic E-state index is 0. The molecule has 0 atom stereocenters. The number of hydrogen-bond donors (Lipinski definition) is 0. The maximum absolute atomic E-state index is 10.7. The Morgan fingerprint density at radius 1 is 0.870 bits per heavy atom. The van der Waals surface area contributed by atoms with E-state index < -0.39 is 0 Å². The lowest BCUT2D eigenvalue weighted by molar-refractivity contribution is -0.669. The quantitative estimate of drug-likeness (QED) is 0.500. The van der Waals surface area contributed by atoms with Crippen LogP contribution in [0.15, 0.2) is 60.7 Å². The van der Waals surface area contributed by atoms with Crippen molar-refractivity contribution < 1.29 is 26.3 Å². The number of rotatable bonds is 4. The average Bonchev–Trinajstić information content (AvgIpc) is 2.59. The van der Waals surface area contributed by atoms with Crippen molar-refractivity contribution in [3.05, 3.63) is 77.5 Å². The molecule has 0 saturated heterocycles. The second-order valence-corrected chi connectivity index (χ2v) is 5.18. The largest absolute Gasteiger partial charge is 1.00 e. The van der Waals surface area contributed by atoms with Crippen molar-refractivity contribution >= 4 is 29.3 Å². The number of halogens is 1. The van der Waals surface area contributed by atoms with Crippen LogP contribution < -0.4 is 21.5 Å². The number of para-hydroxylation sites is 1. The van der Waals surface area contributed by atoms with E-state index in [2.05, 4.69) is 60.0 Å². The zero-order valence-corrected chi connectivity index (χ0v) is 14.5. The van der Waals surface area contributed by atoms with Gasteiger partial charge >= 0.3 is 0 Å². The fourth-order valence-corrected chi connectivity index (χ4v) is 2.64. The van der Waals surface area contributed by atoms with Crippen molar-refractivity contribution in [3.63, 3.8) is 0 Å². The topological polar surface area (TPSA) is 20.9 Å². The first-order valence-electron chi connectivity index (χ1n) is 7.47. The van der Waals surface area contributed by atoms with Crippen LogP contribution in [-0.2, 0) is 6.54 Å². The van der Waals surface area contributed by atoms with Crippen LogP contribution in [0.1, 0.15) is 28.5 Å². The molecule has 0 fully saturated rings. The van der Waals surface area contributed by atoms with Gasteiger partial charge in [0.05, 0.1) is 0 Å². The second kappa shape index (κ2) is 7.84. The molecule has 23 heavy (non-hydrogen) atoms. The van der Waals surface area contributed by atoms with Crippen LogP contribution in [0.3, 0.4) is 0 Å². The molecule has 1 heterocycles. The Balaban J connectivity index is 0.00000192. The van der Waals surface area contributed by atoms with Crippen LogP contribution in [0.5, 0.6) is 0 Å². The molecule has 0 amide bonds. The van der Waals surface area contributed by atoms with Crippen molar-refractivity contribution in [2.24, 2.45) is 0 Å². The third-order valence-corrected chi connectivity index (χ3v) is 3.81. The summed E-state index contributed by atoms with van der Waals surface area (Å²) in [6, 6.07) is 20.3. The third-order valence-electron chi connectivity index (χ3n) is 3.81. The molecule has 116 valence electrons. The van der Waals surface area contributed by atoms with Crippen LogP contribution >= 0.6 is 0 Å². The molecule has 0 aliphatic heterocycles.